The highest BCUT2D eigenvalue weighted by molar-refractivity contribution is 5.44. The van der Waals surface area contributed by atoms with Crippen molar-refractivity contribution in [1.82, 2.24) is 0 Å². The van der Waals surface area contributed by atoms with Crippen LogP contribution in [0.2, 0.25) is 0 Å². The third-order valence-electron chi connectivity index (χ3n) is 5.29. The predicted octanol–water partition coefficient (Wildman–Crippen LogP) is 4.28. The largest absolute Gasteiger partial charge is 0.293 e. The summed E-state index contributed by atoms with van der Waals surface area (Å²) in [5.74, 6) is 0. The lowest BCUT2D eigenvalue weighted by Gasteiger charge is -2.46. The highest BCUT2D eigenvalue weighted by atomic mass is 17.2. The summed E-state index contributed by atoms with van der Waals surface area (Å²) < 4.78 is 0. The maximum Gasteiger partial charge on any atom is 0.203 e. The number of nitrogens with two attached hydrogens (primary N) is 1. The molecule has 120 valence electrons. The van der Waals surface area contributed by atoms with Crippen molar-refractivity contribution in [3.05, 3.63) is 70.8 Å². The van der Waals surface area contributed by atoms with Crippen LogP contribution in [0, 0.1) is 6.92 Å². The summed E-state index contributed by atoms with van der Waals surface area (Å²) in [5, 5.41) is 0. The van der Waals surface area contributed by atoms with E-state index in [0.29, 0.717) is 0 Å². The highest BCUT2D eigenvalue weighted by Crippen LogP contribution is 2.49. The van der Waals surface area contributed by atoms with Gasteiger partial charge in [0.05, 0.1) is 0 Å². The molecule has 2 aliphatic rings. The van der Waals surface area contributed by atoms with Gasteiger partial charge in [0, 0.05) is 11.1 Å². The molecule has 23 heavy (non-hydrogen) atoms. The molecule has 1 atom stereocenters. The first-order valence-electron chi connectivity index (χ1n) is 8.47. The summed E-state index contributed by atoms with van der Waals surface area (Å²) in [6.45, 7) is 2.07. The van der Waals surface area contributed by atoms with E-state index >= 15 is 0 Å². The van der Waals surface area contributed by atoms with Crippen molar-refractivity contribution in [1.29, 1.82) is 0 Å². The molecular weight excluding hydrogens is 286 g/mol. The molecule has 1 spiro atoms. The van der Waals surface area contributed by atoms with Gasteiger partial charge in [0.25, 0.3) is 0 Å². The molecule has 3 heteroatoms. The van der Waals surface area contributed by atoms with Crippen LogP contribution in [-0.4, -0.2) is 0 Å². The Bertz CT molecular complexity index is 704. The predicted molar refractivity (Wildman–Crippen MR) is 89.5 cm³/mol. The topological polar surface area (TPSA) is 44.5 Å². The fourth-order valence-electron chi connectivity index (χ4n) is 3.92. The molecule has 1 aliphatic heterocycles. The fraction of sp³-hybridized carbons (Fsp3) is 0.400. The van der Waals surface area contributed by atoms with Crippen molar-refractivity contribution in [3.8, 4) is 0 Å². The van der Waals surface area contributed by atoms with Crippen LogP contribution in [0.4, 0.5) is 0 Å². The quantitative estimate of drug-likeness (QED) is 0.800. The Hall–Kier alpha value is -1.68. The van der Waals surface area contributed by atoms with Gasteiger partial charge < -0.3 is 0 Å². The molecule has 2 aromatic rings. The SMILES string of the molecule is Cc1ccc([C@@]2(N)OOC3(CCCCC3)c3ccccc32)cc1. The zero-order chi connectivity index (χ0) is 15.9. The fourth-order valence-corrected chi connectivity index (χ4v) is 3.92. The monoisotopic (exact) mass is 309 g/mol. The lowest BCUT2D eigenvalue weighted by atomic mass is 9.75. The van der Waals surface area contributed by atoms with Gasteiger partial charge in [-0.1, -0.05) is 73.4 Å². The Balaban J connectivity index is 1.84. The van der Waals surface area contributed by atoms with Gasteiger partial charge in [-0.05, 0) is 25.3 Å². The zero-order valence-corrected chi connectivity index (χ0v) is 13.5. The number of benzene rings is 2. The first kappa shape index (κ1) is 14.9. The highest BCUT2D eigenvalue weighted by Gasteiger charge is 2.49. The van der Waals surface area contributed by atoms with E-state index in [1.165, 1.54) is 30.4 Å². The number of fused-ring (bicyclic) bond motifs is 2. The van der Waals surface area contributed by atoms with Gasteiger partial charge in [-0.2, -0.15) is 0 Å². The van der Waals surface area contributed by atoms with Gasteiger partial charge in [-0.25, -0.2) is 9.78 Å². The van der Waals surface area contributed by atoms with Crippen LogP contribution in [-0.2, 0) is 21.1 Å². The van der Waals surface area contributed by atoms with E-state index < -0.39 is 5.72 Å². The Labute approximate surface area is 137 Å². The normalized spacial score (nSPS) is 26.0. The van der Waals surface area contributed by atoms with Crippen LogP contribution in [0.15, 0.2) is 48.5 Å². The van der Waals surface area contributed by atoms with E-state index in [2.05, 4.69) is 37.3 Å². The second-order valence-corrected chi connectivity index (χ2v) is 6.87. The van der Waals surface area contributed by atoms with E-state index in [1.807, 2.05) is 18.2 Å². The Morgan fingerprint density at radius 1 is 0.826 bits per heavy atom. The summed E-state index contributed by atoms with van der Waals surface area (Å²) in [6.07, 6.45) is 5.58. The molecule has 1 saturated carbocycles. The average molecular weight is 309 g/mol. The lowest BCUT2D eigenvalue weighted by molar-refractivity contribution is -0.431. The van der Waals surface area contributed by atoms with Crippen molar-refractivity contribution in [3.63, 3.8) is 0 Å². The molecule has 0 saturated heterocycles. The van der Waals surface area contributed by atoms with Crippen LogP contribution < -0.4 is 5.73 Å². The van der Waals surface area contributed by atoms with Crippen LogP contribution in [0.1, 0.15) is 54.4 Å². The summed E-state index contributed by atoms with van der Waals surface area (Å²) in [7, 11) is 0. The Morgan fingerprint density at radius 3 is 2.17 bits per heavy atom. The van der Waals surface area contributed by atoms with E-state index in [0.717, 1.165) is 24.0 Å². The van der Waals surface area contributed by atoms with Crippen LogP contribution in [0.3, 0.4) is 0 Å². The zero-order valence-electron chi connectivity index (χ0n) is 13.5. The average Bonchev–Trinajstić information content (AvgIpc) is 2.60. The first-order chi connectivity index (χ1) is 11.1. The summed E-state index contributed by atoms with van der Waals surface area (Å²) >= 11 is 0. The molecular formula is C20H23NO2. The molecule has 1 aliphatic carbocycles. The van der Waals surface area contributed by atoms with Gasteiger partial charge >= 0.3 is 0 Å². The van der Waals surface area contributed by atoms with Crippen molar-refractivity contribution in [2.24, 2.45) is 5.73 Å². The number of aryl methyl sites for hydroxylation is 1. The minimum Gasteiger partial charge on any atom is -0.293 e. The second-order valence-electron chi connectivity index (χ2n) is 6.87. The van der Waals surface area contributed by atoms with Crippen LogP contribution >= 0.6 is 0 Å². The van der Waals surface area contributed by atoms with Crippen molar-refractivity contribution >= 4 is 0 Å². The van der Waals surface area contributed by atoms with Gasteiger partial charge in [0.15, 0.2) is 0 Å². The van der Waals surface area contributed by atoms with E-state index in [-0.39, 0.29) is 5.60 Å². The minimum absolute atomic E-state index is 0.331. The standard InChI is InChI=1S/C20H23NO2/c1-15-9-11-16(12-10-15)20(21)18-8-4-3-7-17(18)19(22-23-20)13-5-2-6-14-19/h3-4,7-12H,2,5-6,13-14,21H2,1H3/t20-/m1/s1. The van der Waals surface area contributed by atoms with Crippen molar-refractivity contribution < 1.29 is 9.78 Å². The first-order valence-corrected chi connectivity index (χ1v) is 8.47. The molecule has 1 fully saturated rings. The molecule has 0 aromatic heterocycles. The molecule has 0 radical (unpaired) electrons. The molecule has 0 bridgehead atoms. The third kappa shape index (κ3) is 2.31. The van der Waals surface area contributed by atoms with E-state index in [4.69, 9.17) is 15.5 Å². The number of hydrogen-bond acceptors (Lipinski definition) is 3. The third-order valence-corrected chi connectivity index (χ3v) is 5.29. The number of rotatable bonds is 1. The van der Waals surface area contributed by atoms with Crippen LogP contribution in [0.25, 0.3) is 0 Å². The maximum atomic E-state index is 6.68. The van der Waals surface area contributed by atoms with Gasteiger partial charge in [0.2, 0.25) is 5.72 Å². The molecule has 1 heterocycles. The Morgan fingerprint density at radius 2 is 1.48 bits per heavy atom. The van der Waals surface area contributed by atoms with Gasteiger partial charge in [-0.15, -0.1) is 0 Å². The van der Waals surface area contributed by atoms with Crippen molar-refractivity contribution in [2.75, 3.05) is 0 Å². The summed E-state index contributed by atoms with van der Waals surface area (Å²) in [6, 6.07) is 16.5. The molecule has 2 N–H and O–H groups in total. The van der Waals surface area contributed by atoms with E-state index in [9.17, 15) is 0 Å². The smallest absolute Gasteiger partial charge is 0.203 e. The van der Waals surface area contributed by atoms with Gasteiger partial charge in [0.1, 0.15) is 5.60 Å². The molecule has 4 rings (SSSR count). The minimum atomic E-state index is -1.05. The maximum absolute atomic E-state index is 6.68. The summed E-state index contributed by atoms with van der Waals surface area (Å²) in [4.78, 5) is 11.9. The van der Waals surface area contributed by atoms with Gasteiger partial charge in [-0.3, -0.25) is 5.73 Å². The lowest BCUT2D eigenvalue weighted by Crippen LogP contribution is -2.50. The molecule has 0 amide bonds. The second kappa shape index (κ2) is 5.45. The Kier molecular flexibility index (Phi) is 3.52. The summed E-state index contributed by atoms with van der Waals surface area (Å²) in [5.41, 5.74) is 9.64. The van der Waals surface area contributed by atoms with Crippen molar-refractivity contribution in [2.45, 2.75) is 50.4 Å². The molecule has 0 unspecified atom stereocenters. The molecule has 2 aromatic carbocycles. The molecule has 3 nitrogen and oxygen atoms in total. The van der Waals surface area contributed by atoms with Crippen LogP contribution in [0.5, 0.6) is 0 Å². The van der Waals surface area contributed by atoms with E-state index in [1.54, 1.807) is 0 Å². The number of hydrogen-bond donors (Lipinski definition) is 1.